The first-order chi connectivity index (χ1) is 6.10. The molecule has 1 aliphatic rings. The van der Waals surface area contributed by atoms with E-state index >= 15 is 0 Å². The fourth-order valence-corrected chi connectivity index (χ4v) is 1.54. The van der Waals surface area contributed by atoms with Gasteiger partial charge >= 0.3 is 0 Å². The van der Waals surface area contributed by atoms with Gasteiger partial charge in [-0.15, -0.1) is 0 Å². The number of morpholine rings is 1. The average molecular weight is 187 g/mol. The molecule has 1 rings (SSSR count). The van der Waals surface area contributed by atoms with Crippen molar-refractivity contribution in [3.8, 4) is 0 Å². The second-order valence-electron chi connectivity index (χ2n) is 4.06. The van der Waals surface area contributed by atoms with Gasteiger partial charge in [-0.3, -0.25) is 4.90 Å². The van der Waals surface area contributed by atoms with E-state index in [0.717, 1.165) is 26.2 Å². The SMILES string of the molecule is CCN1CCO[C@@H](C(C)(C)OC)C1. The summed E-state index contributed by atoms with van der Waals surface area (Å²) in [7, 11) is 1.74. The van der Waals surface area contributed by atoms with Crippen molar-refractivity contribution in [1.29, 1.82) is 0 Å². The molecule has 1 saturated heterocycles. The summed E-state index contributed by atoms with van der Waals surface area (Å²) >= 11 is 0. The van der Waals surface area contributed by atoms with Gasteiger partial charge in [0, 0.05) is 20.2 Å². The average Bonchev–Trinajstić information content (AvgIpc) is 2.18. The van der Waals surface area contributed by atoms with Crippen molar-refractivity contribution in [2.75, 3.05) is 33.4 Å². The van der Waals surface area contributed by atoms with Gasteiger partial charge in [0.05, 0.1) is 18.3 Å². The number of hydrogen-bond acceptors (Lipinski definition) is 3. The van der Waals surface area contributed by atoms with Gasteiger partial charge in [0.2, 0.25) is 0 Å². The van der Waals surface area contributed by atoms with Crippen LogP contribution in [0.4, 0.5) is 0 Å². The Morgan fingerprint density at radius 3 is 2.77 bits per heavy atom. The second-order valence-corrected chi connectivity index (χ2v) is 4.06. The van der Waals surface area contributed by atoms with E-state index in [-0.39, 0.29) is 11.7 Å². The van der Waals surface area contributed by atoms with Crippen molar-refractivity contribution in [1.82, 2.24) is 4.90 Å². The Hall–Kier alpha value is -0.120. The molecular formula is C10H21NO2. The van der Waals surface area contributed by atoms with E-state index in [1.807, 2.05) is 0 Å². The van der Waals surface area contributed by atoms with Crippen LogP contribution in [0, 0.1) is 0 Å². The first-order valence-corrected chi connectivity index (χ1v) is 4.99. The van der Waals surface area contributed by atoms with E-state index in [1.165, 1.54) is 0 Å². The van der Waals surface area contributed by atoms with Crippen LogP contribution in [-0.2, 0) is 9.47 Å². The van der Waals surface area contributed by atoms with E-state index in [2.05, 4.69) is 25.7 Å². The Morgan fingerprint density at radius 2 is 2.23 bits per heavy atom. The maximum Gasteiger partial charge on any atom is 0.0986 e. The monoisotopic (exact) mass is 187 g/mol. The van der Waals surface area contributed by atoms with Crippen LogP contribution in [0.3, 0.4) is 0 Å². The lowest BCUT2D eigenvalue weighted by molar-refractivity contribution is -0.141. The van der Waals surface area contributed by atoms with Crippen molar-refractivity contribution >= 4 is 0 Å². The Morgan fingerprint density at radius 1 is 1.54 bits per heavy atom. The maximum absolute atomic E-state index is 5.70. The van der Waals surface area contributed by atoms with E-state index in [4.69, 9.17) is 9.47 Å². The Labute approximate surface area is 81.0 Å². The largest absolute Gasteiger partial charge is 0.376 e. The van der Waals surface area contributed by atoms with Crippen LogP contribution in [0.2, 0.25) is 0 Å². The molecule has 1 fully saturated rings. The summed E-state index contributed by atoms with van der Waals surface area (Å²) in [4.78, 5) is 2.40. The van der Waals surface area contributed by atoms with Crippen LogP contribution >= 0.6 is 0 Å². The predicted octanol–water partition coefficient (Wildman–Crippen LogP) is 1.13. The lowest BCUT2D eigenvalue weighted by atomic mass is 10.00. The number of nitrogens with zero attached hydrogens (tertiary/aromatic N) is 1. The summed E-state index contributed by atoms with van der Waals surface area (Å²) in [6.45, 7) is 10.3. The molecule has 0 spiro atoms. The van der Waals surface area contributed by atoms with Gasteiger partial charge in [-0.25, -0.2) is 0 Å². The minimum Gasteiger partial charge on any atom is -0.376 e. The van der Waals surface area contributed by atoms with Gasteiger partial charge in [0.25, 0.3) is 0 Å². The van der Waals surface area contributed by atoms with Gasteiger partial charge in [-0.05, 0) is 20.4 Å². The summed E-state index contributed by atoms with van der Waals surface area (Å²) in [6, 6.07) is 0. The molecule has 0 aromatic heterocycles. The molecule has 0 aliphatic carbocycles. The highest BCUT2D eigenvalue weighted by Crippen LogP contribution is 2.20. The molecule has 0 aromatic carbocycles. The lowest BCUT2D eigenvalue weighted by Crippen LogP contribution is -2.52. The van der Waals surface area contributed by atoms with Crippen LogP contribution in [0.15, 0.2) is 0 Å². The first-order valence-electron chi connectivity index (χ1n) is 4.99. The lowest BCUT2D eigenvalue weighted by Gasteiger charge is -2.40. The third-order valence-electron chi connectivity index (χ3n) is 2.90. The number of likely N-dealkylation sites (N-methyl/N-ethyl adjacent to an activating group) is 1. The molecule has 0 N–H and O–H groups in total. The minimum atomic E-state index is -0.173. The normalized spacial score (nSPS) is 26.3. The molecule has 78 valence electrons. The minimum absolute atomic E-state index is 0.173. The van der Waals surface area contributed by atoms with Gasteiger partial charge in [-0.2, -0.15) is 0 Å². The van der Waals surface area contributed by atoms with Crippen LogP contribution in [0.5, 0.6) is 0 Å². The molecule has 3 heteroatoms. The third kappa shape index (κ3) is 2.66. The maximum atomic E-state index is 5.70. The highest BCUT2D eigenvalue weighted by molar-refractivity contribution is 4.85. The zero-order valence-corrected chi connectivity index (χ0v) is 9.17. The fraction of sp³-hybridized carbons (Fsp3) is 1.00. The number of hydrogen-bond donors (Lipinski definition) is 0. The Bertz CT molecular complexity index is 159. The summed E-state index contributed by atoms with van der Waals surface area (Å²) in [5, 5.41) is 0. The molecule has 0 bridgehead atoms. The fourth-order valence-electron chi connectivity index (χ4n) is 1.54. The van der Waals surface area contributed by atoms with Gasteiger partial charge in [-0.1, -0.05) is 6.92 Å². The predicted molar refractivity (Wildman–Crippen MR) is 52.9 cm³/mol. The van der Waals surface area contributed by atoms with Crippen LogP contribution in [-0.4, -0.2) is 50.0 Å². The highest BCUT2D eigenvalue weighted by Gasteiger charge is 2.33. The van der Waals surface area contributed by atoms with E-state index in [0.29, 0.717) is 0 Å². The first kappa shape index (κ1) is 11.0. The molecule has 0 amide bonds. The van der Waals surface area contributed by atoms with Crippen molar-refractivity contribution in [3.05, 3.63) is 0 Å². The molecule has 0 aromatic rings. The molecule has 0 radical (unpaired) electrons. The van der Waals surface area contributed by atoms with Crippen molar-refractivity contribution in [2.24, 2.45) is 0 Å². The summed E-state index contributed by atoms with van der Waals surface area (Å²) in [6.07, 6.45) is 0.200. The second kappa shape index (κ2) is 4.40. The quantitative estimate of drug-likeness (QED) is 0.661. The molecular weight excluding hydrogens is 166 g/mol. The topological polar surface area (TPSA) is 21.7 Å². The molecule has 13 heavy (non-hydrogen) atoms. The number of methoxy groups -OCH3 is 1. The molecule has 0 unspecified atom stereocenters. The van der Waals surface area contributed by atoms with Crippen LogP contribution in [0.1, 0.15) is 20.8 Å². The van der Waals surface area contributed by atoms with E-state index in [9.17, 15) is 0 Å². The van der Waals surface area contributed by atoms with Gasteiger partial charge in [0.1, 0.15) is 0 Å². The van der Waals surface area contributed by atoms with Gasteiger partial charge < -0.3 is 9.47 Å². The molecule has 1 atom stereocenters. The van der Waals surface area contributed by atoms with Crippen molar-refractivity contribution in [2.45, 2.75) is 32.5 Å². The summed E-state index contributed by atoms with van der Waals surface area (Å²) in [5.41, 5.74) is -0.173. The number of ether oxygens (including phenoxy) is 2. The third-order valence-corrected chi connectivity index (χ3v) is 2.90. The molecule has 1 heterocycles. The number of rotatable bonds is 3. The van der Waals surface area contributed by atoms with Crippen molar-refractivity contribution in [3.63, 3.8) is 0 Å². The zero-order valence-electron chi connectivity index (χ0n) is 9.17. The highest BCUT2D eigenvalue weighted by atomic mass is 16.5. The summed E-state index contributed by atoms with van der Waals surface area (Å²) in [5.74, 6) is 0. The van der Waals surface area contributed by atoms with Crippen molar-refractivity contribution < 1.29 is 9.47 Å². The molecule has 1 aliphatic heterocycles. The summed E-state index contributed by atoms with van der Waals surface area (Å²) < 4.78 is 11.1. The van der Waals surface area contributed by atoms with Gasteiger partial charge in [0.15, 0.2) is 0 Å². The van der Waals surface area contributed by atoms with E-state index in [1.54, 1.807) is 7.11 Å². The molecule has 3 nitrogen and oxygen atoms in total. The zero-order chi connectivity index (χ0) is 9.90. The van der Waals surface area contributed by atoms with E-state index < -0.39 is 0 Å². The smallest absolute Gasteiger partial charge is 0.0986 e. The molecule has 0 saturated carbocycles. The standard InChI is InChI=1S/C10H21NO2/c1-5-11-6-7-13-9(8-11)10(2,3)12-4/h9H,5-8H2,1-4H3/t9-/m1/s1. The van der Waals surface area contributed by atoms with Crippen LogP contribution in [0.25, 0.3) is 0 Å². The van der Waals surface area contributed by atoms with Crippen LogP contribution < -0.4 is 0 Å². The Kier molecular flexibility index (Phi) is 3.71. The Balaban J connectivity index is 2.50.